The zero-order valence-corrected chi connectivity index (χ0v) is 7.87. The van der Waals surface area contributed by atoms with Crippen LogP contribution in [0.2, 0.25) is 0 Å². The van der Waals surface area contributed by atoms with Crippen LogP contribution in [0.3, 0.4) is 0 Å². The van der Waals surface area contributed by atoms with E-state index >= 15 is 0 Å². The number of rotatable bonds is 3. The molecule has 1 aromatic carbocycles. The third-order valence-electron chi connectivity index (χ3n) is 2.20. The summed E-state index contributed by atoms with van der Waals surface area (Å²) < 4.78 is 18.5. The van der Waals surface area contributed by atoms with Crippen LogP contribution in [0.25, 0.3) is 0 Å². The third-order valence-corrected chi connectivity index (χ3v) is 2.20. The number of ether oxygens (including phenoxy) is 1. The van der Waals surface area contributed by atoms with E-state index < -0.39 is 12.0 Å². The number of carbonyl (C=O) groups is 1. The van der Waals surface area contributed by atoms with Gasteiger partial charge in [0.05, 0.1) is 18.8 Å². The van der Waals surface area contributed by atoms with Gasteiger partial charge in [-0.25, -0.2) is 4.39 Å². The normalized spacial score (nSPS) is 18.8. The Hall–Kier alpha value is -1.46. The summed E-state index contributed by atoms with van der Waals surface area (Å²) in [4.78, 5) is 11.4. The Morgan fingerprint density at radius 3 is 3.07 bits per heavy atom. The topological polar surface area (TPSA) is 58.6 Å². The van der Waals surface area contributed by atoms with Crippen molar-refractivity contribution in [2.24, 2.45) is 0 Å². The molecule has 0 bridgehead atoms. The lowest BCUT2D eigenvalue weighted by Crippen LogP contribution is -2.22. The summed E-state index contributed by atoms with van der Waals surface area (Å²) >= 11 is 0. The van der Waals surface area contributed by atoms with E-state index in [1.807, 2.05) is 0 Å². The molecule has 0 aromatic heterocycles. The van der Waals surface area contributed by atoms with E-state index in [4.69, 9.17) is 9.84 Å². The first-order valence-corrected chi connectivity index (χ1v) is 4.56. The second kappa shape index (κ2) is 3.96. The third kappa shape index (κ3) is 1.71. The quantitative estimate of drug-likeness (QED) is 0.768. The van der Waals surface area contributed by atoms with E-state index in [1.165, 1.54) is 18.2 Å². The number of amides is 1. The summed E-state index contributed by atoms with van der Waals surface area (Å²) in [5, 5.41) is 11.1. The van der Waals surface area contributed by atoms with Gasteiger partial charge in [0.25, 0.3) is 5.91 Å². The van der Waals surface area contributed by atoms with Crippen molar-refractivity contribution in [3.63, 3.8) is 0 Å². The van der Waals surface area contributed by atoms with E-state index in [0.717, 1.165) is 0 Å². The molecule has 0 radical (unpaired) electrons. The molecular formula is C10H10FNO3. The zero-order valence-electron chi connectivity index (χ0n) is 7.87. The van der Waals surface area contributed by atoms with Crippen LogP contribution in [-0.4, -0.2) is 24.2 Å². The van der Waals surface area contributed by atoms with Crippen LogP contribution in [-0.2, 0) is 4.74 Å². The maximum absolute atomic E-state index is 13.4. The number of hydrogen-bond donors (Lipinski definition) is 2. The van der Waals surface area contributed by atoms with E-state index in [-0.39, 0.29) is 30.2 Å². The summed E-state index contributed by atoms with van der Waals surface area (Å²) in [6.45, 7) is -0.116. The highest BCUT2D eigenvalue weighted by atomic mass is 19.1. The molecule has 1 amide bonds. The molecular weight excluding hydrogens is 201 g/mol. The molecule has 1 aliphatic rings. The summed E-state index contributed by atoms with van der Waals surface area (Å²) in [6, 6.07) is 4.28. The van der Waals surface area contributed by atoms with Crippen molar-refractivity contribution in [3.05, 3.63) is 35.1 Å². The molecule has 2 rings (SSSR count). The van der Waals surface area contributed by atoms with Gasteiger partial charge in [0.2, 0.25) is 0 Å². The van der Waals surface area contributed by atoms with Gasteiger partial charge in [0.1, 0.15) is 5.82 Å². The number of hydrogen-bond acceptors (Lipinski definition) is 3. The number of aliphatic hydroxyl groups is 1. The summed E-state index contributed by atoms with van der Waals surface area (Å²) in [7, 11) is 0. The number of fused-ring (bicyclic) bond motifs is 1. The Morgan fingerprint density at radius 2 is 2.33 bits per heavy atom. The fourth-order valence-corrected chi connectivity index (χ4v) is 1.57. The monoisotopic (exact) mass is 211 g/mol. The van der Waals surface area contributed by atoms with Crippen LogP contribution >= 0.6 is 0 Å². The highest BCUT2D eigenvalue weighted by Crippen LogP contribution is 2.28. The van der Waals surface area contributed by atoms with Gasteiger partial charge in [-0.05, 0) is 12.1 Å². The fourth-order valence-electron chi connectivity index (χ4n) is 1.57. The highest BCUT2D eigenvalue weighted by molar-refractivity contribution is 5.98. The lowest BCUT2D eigenvalue weighted by Gasteiger charge is -2.12. The lowest BCUT2D eigenvalue weighted by atomic mass is 10.1. The minimum Gasteiger partial charge on any atom is -0.394 e. The van der Waals surface area contributed by atoms with Gasteiger partial charge < -0.3 is 15.2 Å². The number of nitrogens with one attached hydrogen (secondary N) is 1. The number of halogens is 1. The molecule has 0 aliphatic carbocycles. The van der Waals surface area contributed by atoms with Crippen LogP contribution in [0.5, 0.6) is 0 Å². The molecule has 1 unspecified atom stereocenters. The maximum atomic E-state index is 13.4. The van der Waals surface area contributed by atoms with E-state index in [1.54, 1.807) is 0 Å². The largest absolute Gasteiger partial charge is 0.394 e. The van der Waals surface area contributed by atoms with Crippen molar-refractivity contribution in [1.29, 1.82) is 0 Å². The summed E-state index contributed by atoms with van der Waals surface area (Å²) in [6.07, 6.45) is -0.791. The molecule has 0 spiro atoms. The first kappa shape index (κ1) is 10.1. The van der Waals surface area contributed by atoms with Gasteiger partial charge in [0.15, 0.2) is 6.23 Å². The Bertz CT molecular complexity index is 394. The van der Waals surface area contributed by atoms with Gasteiger partial charge in [0, 0.05) is 5.56 Å². The SMILES string of the molecule is O=C1NC(OCCO)c2c(F)cccc21. The van der Waals surface area contributed by atoms with Crippen LogP contribution in [0.4, 0.5) is 4.39 Å². The fraction of sp³-hybridized carbons (Fsp3) is 0.300. The van der Waals surface area contributed by atoms with Gasteiger partial charge in [-0.3, -0.25) is 4.79 Å². The maximum Gasteiger partial charge on any atom is 0.254 e. The van der Waals surface area contributed by atoms with E-state index in [9.17, 15) is 9.18 Å². The molecule has 80 valence electrons. The molecule has 4 nitrogen and oxygen atoms in total. The molecule has 1 heterocycles. The molecule has 0 saturated heterocycles. The van der Waals surface area contributed by atoms with Crippen LogP contribution in [0.1, 0.15) is 22.1 Å². The Morgan fingerprint density at radius 1 is 1.53 bits per heavy atom. The summed E-state index contributed by atoms with van der Waals surface area (Å²) in [5.41, 5.74) is 0.508. The first-order chi connectivity index (χ1) is 7.24. The molecule has 1 aliphatic heterocycles. The average molecular weight is 211 g/mol. The second-order valence-corrected chi connectivity index (χ2v) is 3.15. The molecule has 1 atom stereocenters. The second-order valence-electron chi connectivity index (χ2n) is 3.15. The average Bonchev–Trinajstić information content (AvgIpc) is 2.55. The van der Waals surface area contributed by atoms with Crippen LogP contribution in [0.15, 0.2) is 18.2 Å². The van der Waals surface area contributed by atoms with Crippen molar-refractivity contribution in [2.45, 2.75) is 6.23 Å². The Labute approximate surface area is 85.7 Å². The predicted octanol–water partition coefficient (Wildman–Crippen LogP) is 0.577. The van der Waals surface area contributed by atoms with Gasteiger partial charge in [-0.15, -0.1) is 0 Å². The number of carbonyl (C=O) groups excluding carboxylic acids is 1. The standard InChI is InChI=1S/C10H10FNO3/c11-7-3-1-2-6-8(7)10(12-9(6)14)15-5-4-13/h1-3,10,13H,4-5H2,(H,12,14). The summed E-state index contributed by atoms with van der Waals surface area (Å²) in [5.74, 6) is -0.832. The van der Waals surface area contributed by atoms with Crippen molar-refractivity contribution >= 4 is 5.91 Å². The van der Waals surface area contributed by atoms with Gasteiger partial charge >= 0.3 is 0 Å². The smallest absolute Gasteiger partial charge is 0.254 e. The molecule has 2 N–H and O–H groups in total. The molecule has 15 heavy (non-hydrogen) atoms. The van der Waals surface area contributed by atoms with Crippen LogP contribution < -0.4 is 5.32 Å². The van der Waals surface area contributed by atoms with Gasteiger partial charge in [-0.1, -0.05) is 6.07 Å². The van der Waals surface area contributed by atoms with Crippen molar-refractivity contribution < 1.29 is 19.0 Å². The highest BCUT2D eigenvalue weighted by Gasteiger charge is 2.31. The number of benzene rings is 1. The zero-order chi connectivity index (χ0) is 10.8. The molecule has 5 heteroatoms. The molecule has 0 fully saturated rings. The minimum atomic E-state index is -0.791. The van der Waals surface area contributed by atoms with E-state index in [2.05, 4.69) is 5.32 Å². The van der Waals surface area contributed by atoms with Crippen molar-refractivity contribution in [1.82, 2.24) is 5.32 Å². The minimum absolute atomic E-state index is 0.0543. The van der Waals surface area contributed by atoms with E-state index in [0.29, 0.717) is 0 Å². The van der Waals surface area contributed by atoms with Crippen molar-refractivity contribution in [3.8, 4) is 0 Å². The first-order valence-electron chi connectivity index (χ1n) is 4.56. The number of aliphatic hydroxyl groups excluding tert-OH is 1. The predicted molar refractivity (Wildman–Crippen MR) is 49.6 cm³/mol. The molecule has 1 aromatic rings. The lowest BCUT2D eigenvalue weighted by molar-refractivity contribution is 0.0133. The Kier molecular flexibility index (Phi) is 2.66. The Balaban J connectivity index is 2.31. The molecule has 0 saturated carbocycles. The van der Waals surface area contributed by atoms with Gasteiger partial charge in [-0.2, -0.15) is 0 Å². The van der Waals surface area contributed by atoms with Crippen molar-refractivity contribution in [2.75, 3.05) is 13.2 Å². The van der Waals surface area contributed by atoms with Crippen LogP contribution in [0, 0.1) is 5.82 Å².